The van der Waals surface area contributed by atoms with Crippen LogP contribution in [0, 0.1) is 0 Å². The fourth-order valence-corrected chi connectivity index (χ4v) is 2.29. The Labute approximate surface area is 195 Å². The molecule has 0 saturated heterocycles. The van der Waals surface area contributed by atoms with Crippen molar-refractivity contribution < 1.29 is 118 Å². The molecule has 0 fully saturated rings. The van der Waals surface area contributed by atoms with Crippen LogP contribution in [0.1, 0.15) is 0 Å². The van der Waals surface area contributed by atoms with Crippen molar-refractivity contribution in [3.63, 3.8) is 0 Å². The highest BCUT2D eigenvalue weighted by Gasteiger charge is 2.99. The highest BCUT2D eigenvalue weighted by atomic mass is 32.3. The molecule has 0 radical (unpaired) electrons. The first kappa shape index (κ1) is 37.3. The molecule has 0 aromatic carbocycles. The van der Waals surface area contributed by atoms with Crippen LogP contribution in [-0.2, 0) is 14.6 Å². The van der Waals surface area contributed by atoms with Gasteiger partial charge in [0.15, 0.2) is 0 Å². The van der Waals surface area contributed by atoms with Crippen molar-refractivity contribution in [1.82, 2.24) is 0 Å². The van der Waals surface area contributed by atoms with Gasteiger partial charge in [-0.15, -0.1) is 0 Å². The summed E-state index contributed by atoms with van der Waals surface area (Å²) in [4.78, 5) is 0. The molecule has 0 aliphatic carbocycles. The first-order chi connectivity index (χ1) is 16.2. The van der Waals surface area contributed by atoms with E-state index in [1.54, 1.807) is 0 Å². The molecule has 0 saturated carbocycles. The molecule has 1 N–H and O–H groups in total. The summed E-state index contributed by atoms with van der Waals surface area (Å²) in [5.41, 5.74) is 0. The van der Waals surface area contributed by atoms with Gasteiger partial charge >= 0.3 is 76.0 Å². The van der Waals surface area contributed by atoms with Gasteiger partial charge in [-0.25, -0.2) is 0 Å². The lowest BCUT2D eigenvalue weighted by atomic mass is 9.86. The standard InChI is InChI=1S/C11HF23O4S/c12-1(13,2(14,15)4(18,19)6(22,23)8(26,27)10(30,31)32)3(16,17)5(20,21)7(24,25)9(28,29)11(33,34)38-39(35,36)37/h(H,35,36,37). The second-order valence-electron chi connectivity index (χ2n) is 6.70. The van der Waals surface area contributed by atoms with Gasteiger partial charge in [-0.3, -0.25) is 4.55 Å². The average molecular weight is 666 g/mol. The van der Waals surface area contributed by atoms with Crippen LogP contribution in [0.3, 0.4) is 0 Å². The highest BCUT2D eigenvalue weighted by Crippen LogP contribution is 2.67. The first-order valence-corrected chi connectivity index (χ1v) is 9.10. The summed E-state index contributed by atoms with van der Waals surface area (Å²) in [5.74, 6) is -83.0. The number of alkyl halides is 23. The third-order valence-corrected chi connectivity index (χ3v) is 4.51. The van der Waals surface area contributed by atoms with Crippen molar-refractivity contribution in [2.24, 2.45) is 0 Å². The van der Waals surface area contributed by atoms with Crippen molar-refractivity contribution >= 4 is 10.4 Å². The van der Waals surface area contributed by atoms with E-state index in [0.717, 1.165) is 0 Å². The summed E-state index contributed by atoms with van der Waals surface area (Å²) in [5, 5.41) is 0. The van der Waals surface area contributed by atoms with E-state index in [9.17, 15) is 109 Å². The molecular formula is C11HF23O4S. The third kappa shape index (κ3) is 4.79. The molecule has 0 spiro atoms. The van der Waals surface area contributed by atoms with Gasteiger partial charge in [-0.1, -0.05) is 0 Å². The molecule has 0 aliphatic rings. The maximum atomic E-state index is 13.4. The number of rotatable bonds is 11. The average Bonchev–Trinajstić information content (AvgIpc) is 2.63. The molecule has 39 heavy (non-hydrogen) atoms. The number of halogens is 23. The van der Waals surface area contributed by atoms with Gasteiger partial charge in [0.25, 0.3) is 0 Å². The monoisotopic (exact) mass is 666 g/mol. The molecule has 0 heterocycles. The highest BCUT2D eigenvalue weighted by molar-refractivity contribution is 7.80. The molecule has 28 heteroatoms. The number of hydrogen-bond donors (Lipinski definition) is 1. The molecule has 236 valence electrons. The van der Waals surface area contributed by atoms with E-state index < -0.39 is 76.0 Å². The molecule has 0 rings (SSSR count). The lowest BCUT2D eigenvalue weighted by Gasteiger charge is -2.44. The zero-order valence-corrected chi connectivity index (χ0v) is 17.1. The Bertz CT molecular complexity index is 1020. The summed E-state index contributed by atoms with van der Waals surface area (Å²) in [6.45, 7) is 0. The van der Waals surface area contributed by atoms with Crippen LogP contribution in [0.2, 0.25) is 0 Å². The van der Waals surface area contributed by atoms with Crippen LogP contribution in [-0.4, -0.2) is 78.6 Å². The second kappa shape index (κ2) is 8.88. The van der Waals surface area contributed by atoms with E-state index in [1.807, 2.05) is 0 Å². The van der Waals surface area contributed by atoms with Gasteiger partial charge in [0.2, 0.25) is 0 Å². The van der Waals surface area contributed by atoms with E-state index in [0.29, 0.717) is 0 Å². The smallest absolute Gasteiger partial charge is 0.263 e. The lowest BCUT2D eigenvalue weighted by molar-refractivity contribution is -0.483. The SMILES string of the molecule is O=S(=O)(O)OC(F)(F)C(F)(F)C(F)(F)C(F)(F)C(F)(F)C(F)(F)C(F)(F)C(F)(F)C(F)(F)C(F)(F)C(F)(F)F. The fourth-order valence-electron chi connectivity index (χ4n) is 1.93. The maximum absolute atomic E-state index is 13.4. The summed E-state index contributed by atoms with van der Waals surface area (Å²) >= 11 is 0. The normalized spacial score (nSPS) is 17.0. The Balaban J connectivity index is 7.25. The Morgan fingerprint density at radius 3 is 0.718 bits per heavy atom. The summed E-state index contributed by atoms with van der Waals surface area (Å²) in [6.07, 6.45) is -16.1. The van der Waals surface area contributed by atoms with Crippen LogP contribution in [0.4, 0.5) is 101 Å². The Hall–Kier alpha value is -1.74. The van der Waals surface area contributed by atoms with Crippen molar-refractivity contribution in [2.75, 3.05) is 0 Å². The minimum atomic E-state index is -9.57. The minimum Gasteiger partial charge on any atom is -0.263 e. The largest absolute Gasteiger partial charge is 0.460 e. The van der Waals surface area contributed by atoms with Crippen molar-refractivity contribution in [3.8, 4) is 0 Å². The van der Waals surface area contributed by atoms with Crippen LogP contribution >= 0.6 is 0 Å². The Morgan fingerprint density at radius 1 is 0.359 bits per heavy atom. The van der Waals surface area contributed by atoms with Gasteiger partial charge < -0.3 is 0 Å². The van der Waals surface area contributed by atoms with E-state index in [-0.39, 0.29) is 0 Å². The Morgan fingerprint density at radius 2 is 0.538 bits per heavy atom. The van der Waals surface area contributed by atoms with Gasteiger partial charge in [0.05, 0.1) is 0 Å². The molecule has 0 aromatic heterocycles. The molecule has 0 bridgehead atoms. The van der Waals surface area contributed by atoms with E-state index in [1.165, 1.54) is 4.18 Å². The van der Waals surface area contributed by atoms with Gasteiger partial charge in [-0.05, 0) is 0 Å². The van der Waals surface area contributed by atoms with Crippen LogP contribution in [0.25, 0.3) is 0 Å². The second-order valence-corrected chi connectivity index (χ2v) is 7.72. The summed E-state index contributed by atoms with van der Waals surface area (Å²) in [7, 11) is -7.23. The maximum Gasteiger partial charge on any atom is 0.460 e. The molecule has 0 aromatic rings. The zero-order valence-electron chi connectivity index (χ0n) is 16.3. The van der Waals surface area contributed by atoms with Crippen LogP contribution < -0.4 is 0 Å². The molecule has 0 amide bonds. The fraction of sp³-hybridized carbons (Fsp3) is 1.00. The van der Waals surface area contributed by atoms with Crippen molar-refractivity contribution in [1.29, 1.82) is 0 Å². The topological polar surface area (TPSA) is 63.6 Å². The molecule has 0 aliphatic heterocycles. The summed E-state index contributed by atoms with van der Waals surface area (Å²) in [6, 6.07) is 0. The van der Waals surface area contributed by atoms with E-state index in [4.69, 9.17) is 4.55 Å². The quantitative estimate of drug-likeness (QED) is 0.198. The molecule has 4 nitrogen and oxygen atoms in total. The van der Waals surface area contributed by atoms with Crippen molar-refractivity contribution in [3.05, 3.63) is 0 Å². The first-order valence-electron chi connectivity index (χ1n) is 7.73. The molecular weight excluding hydrogens is 665 g/mol. The summed E-state index contributed by atoms with van der Waals surface area (Å²) < 4.78 is 329. The van der Waals surface area contributed by atoms with E-state index >= 15 is 0 Å². The van der Waals surface area contributed by atoms with Gasteiger partial charge in [-0.2, -0.15) is 114 Å². The predicted octanol–water partition coefficient (Wildman–Crippen LogP) is 6.68. The van der Waals surface area contributed by atoms with Crippen LogP contribution in [0.15, 0.2) is 0 Å². The third-order valence-electron chi connectivity index (χ3n) is 4.09. The van der Waals surface area contributed by atoms with Gasteiger partial charge in [0, 0.05) is 0 Å². The minimum absolute atomic E-state index is 1.45. The molecule has 0 unspecified atom stereocenters. The zero-order chi connectivity index (χ0) is 32.7. The van der Waals surface area contributed by atoms with Crippen LogP contribution in [0.5, 0.6) is 0 Å². The van der Waals surface area contributed by atoms with Crippen molar-refractivity contribution in [2.45, 2.75) is 65.6 Å². The number of hydrogen-bond acceptors (Lipinski definition) is 3. The lowest BCUT2D eigenvalue weighted by Crippen LogP contribution is -2.77. The predicted molar refractivity (Wildman–Crippen MR) is 68.2 cm³/mol. The molecule has 0 atom stereocenters. The van der Waals surface area contributed by atoms with Gasteiger partial charge in [0.1, 0.15) is 0 Å². The van der Waals surface area contributed by atoms with E-state index in [2.05, 4.69) is 0 Å². The Kier molecular flexibility index (Phi) is 8.48.